The summed E-state index contributed by atoms with van der Waals surface area (Å²) in [6.07, 6.45) is 8.58. The van der Waals surface area contributed by atoms with Gasteiger partial charge in [-0.1, -0.05) is 24.6 Å². The van der Waals surface area contributed by atoms with Gasteiger partial charge in [0, 0.05) is 6.54 Å². The van der Waals surface area contributed by atoms with Crippen LogP contribution in [0.15, 0.2) is 18.2 Å². The van der Waals surface area contributed by atoms with Gasteiger partial charge >= 0.3 is 0 Å². The Balaban J connectivity index is 1.90. The van der Waals surface area contributed by atoms with E-state index in [1.165, 1.54) is 45.1 Å². The van der Waals surface area contributed by atoms with E-state index in [9.17, 15) is 0 Å². The summed E-state index contributed by atoms with van der Waals surface area (Å²) >= 11 is 0. The van der Waals surface area contributed by atoms with Crippen LogP contribution in [0.3, 0.4) is 0 Å². The summed E-state index contributed by atoms with van der Waals surface area (Å²) in [5.41, 5.74) is 5.69. The van der Waals surface area contributed by atoms with E-state index >= 15 is 0 Å². The summed E-state index contributed by atoms with van der Waals surface area (Å²) in [7, 11) is 0. The number of nitrogens with one attached hydrogen (secondary N) is 1. The minimum atomic E-state index is 0.603. The zero-order valence-corrected chi connectivity index (χ0v) is 10.5. The molecule has 0 bridgehead atoms. The third-order valence-corrected chi connectivity index (χ3v) is 5.44. The van der Waals surface area contributed by atoms with Crippen molar-refractivity contribution in [2.24, 2.45) is 0 Å². The third-order valence-electron chi connectivity index (χ3n) is 5.44. The second kappa shape index (κ2) is 3.58. The first kappa shape index (κ1) is 10.1. The maximum absolute atomic E-state index is 3.59. The fraction of sp³-hybridized carbons (Fsp3) is 0.625. The van der Waals surface area contributed by atoms with Gasteiger partial charge in [0.1, 0.15) is 0 Å². The number of rotatable bonds is 0. The van der Waals surface area contributed by atoms with Crippen LogP contribution in [0, 0.1) is 0 Å². The number of benzene rings is 1. The summed E-state index contributed by atoms with van der Waals surface area (Å²) < 4.78 is 0. The lowest BCUT2D eigenvalue weighted by Crippen LogP contribution is -2.39. The van der Waals surface area contributed by atoms with Crippen LogP contribution >= 0.6 is 0 Å². The lowest BCUT2D eigenvalue weighted by atomic mass is 9.56. The van der Waals surface area contributed by atoms with Crippen LogP contribution in [0.5, 0.6) is 0 Å². The summed E-state index contributed by atoms with van der Waals surface area (Å²) in [6, 6.07) is 7.08. The van der Waals surface area contributed by atoms with Gasteiger partial charge in [-0.2, -0.15) is 0 Å². The molecule has 1 unspecified atom stereocenters. The Kier molecular flexibility index (Phi) is 2.14. The molecule has 17 heavy (non-hydrogen) atoms. The molecular formula is C16H21N. The highest BCUT2D eigenvalue weighted by Gasteiger charge is 2.44. The van der Waals surface area contributed by atoms with Gasteiger partial charge in [0.2, 0.25) is 0 Å². The van der Waals surface area contributed by atoms with Crippen molar-refractivity contribution in [2.45, 2.75) is 56.4 Å². The summed E-state index contributed by atoms with van der Waals surface area (Å²) in [4.78, 5) is 0. The molecule has 0 saturated heterocycles. The van der Waals surface area contributed by atoms with Gasteiger partial charge < -0.3 is 5.32 Å². The van der Waals surface area contributed by atoms with Crippen LogP contribution in [-0.4, -0.2) is 6.54 Å². The molecule has 1 aliphatic heterocycles. The van der Waals surface area contributed by atoms with Gasteiger partial charge in [0.05, 0.1) is 0 Å². The Bertz CT molecular complexity index is 445. The van der Waals surface area contributed by atoms with Crippen LogP contribution in [-0.2, 0) is 12.0 Å². The van der Waals surface area contributed by atoms with Gasteiger partial charge in [0.25, 0.3) is 0 Å². The highest BCUT2D eigenvalue weighted by Crippen LogP contribution is 2.55. The van der Waals surface area contributed by atoms with Gasteiger partial charge in [-0.15, -0.1) is 0 Å². The Labute approximate surface area is 104 Å². The van der Waals surface area contributed by atoms with Crippen LogP contribution < -0.4 is 5.32 Å². The molecule has 1 fully saturated rings. The molecule has 1 atom stereocenters. The highest BCUT2D eigenvalue weighted by molar-refractivity contribution is 5.46. The Morgan fingerprint density at radius 1 is 1.12 bits per heavy atom. The summed E-state index contributed by atoms with van der Waals surface area (Å²) in [5.74, 6) is 0.849. The van der Waals surface area contributed by atoms with Crippen molar-refractivity contribution >= 4 is 0 Å². The van der Waals surface area contributed by atoms with E-state index in [4.69, 9.17) is 0 Å². The van der Waals surface area contributed by atoms with Gasteiger partial charge in [-0.05, 0) is 66.7 Å². The molecule has 1 N–H and O–H groups in total. The van der Waals surface area contributed by atoms with Crippen LogP contribution in [0.4, 0.5) is 0 Å². The zero-order chi connectivity index (χ0) is 11.3. The molecule has 1 aromatic rings. The topological polar surface area (TPSA) is 12.0 Å². The second-order valence-corrected chi connectivity index (χ2v) is 6.21. The Morgan fingerprint density at radius 2 is 2.06 bits per heavy atom. The minimum absolute atomic E-state index is 0.603. The first-order chi connectivity index (χ1) is 8.39. The fourth-order valence-electron chi connectivity index (χ4n) is 4.35. The van der Waals surface area contributed by atoms with Gasteiger partial charge in [-0.25, -0.2) is 0 Å². The monoisotopic (exact) mass is 227 g/mol. The van der Waals surface area contributed by atoms with Gasteiger partial charge in [0.15, 0.2) is 0 Å². The van der Waals surface area contributed by atoms with E-state index in [0.717, 1.165) is 12.5 Å². The molecule has 1 heteroatoms. The lowest BCUT2D eigenvalue weighted by molar-refractivity contribution is 0.197. The predicted molar refractivity (Wildman–Crippen MR) is 70.3 cm³/mol. The third kappa shape index (κ3) is 1.35. The standard InChI is InChI=1S/C16H21N/c1-3-13-11-17-10-6-12-5-9-16(7-2-8-16)14(4-1)15(12)13/h1,3-4,12,17H,2,5-11H2. The number of hydrogen-bond acceptors (Lipinski definition) is 1. The van der Waals surface area contributed by atoms with Crippen molar-refractivity contribution < 1.29 is 0 Å². The molecule has 1 heterocycles. The number of fused-ring (bicyclic) bond motifs is 1. The van der Waals surface area contributed by atoms with Crippen molar-refractivity contribution in [3.05, 3.63) is 34.9 Å². The molecule has 1 saturated carbocycles. The highest BCUT2D eigenvalue weighted by atomic mass is 14.9. The first-order valence-electron chi connectivity index (χ1n) is 7.22. The number of hydrogen-bond donors (Lipinski definition) is 1. The molecule has 90 valence electrons. The molecule has 2 aliphatic carbocycles. The average Bonchev–Trinajstić information content (AvgIpc) is 2.52. The molecular weight excluding hydrogens is 206 g/mol. The fourth-order valence-corrected chi connectivity index (χ4v) is 4.35. The van der Waals surface area contributed by atoms with Crippen LogP contribution in [0.1, 0.15) is 61.1 Å². The SMILES string of the molecule is c1cc2c3c(c1)C1(CCC1)CCC3CCNC2. The van der Waals surface area contributed by atoms with E-state index < -0.39 is 0 Å². The Morgan fingerprint density at radius 3 is 2.88 bits per heavy atom. The minimum Gasteiger partial charge on any atom is -0.313 e. The molecule has 0 radical (unpaired) electrons. The Hall–Kier alpha value is -0.820. The first-order valence-corrected chi connectivity index (χ1v) is 7.22. The predicted octanol–water partition coefficient (Wildman–Crippen LogP) is 3.48. The maximum Gasteiger partial charge on any atom is 0.0208 e. The lowest BCUT2D eigenvalue weighted by Gasteiger charge is -2.48. The van der Waals surface area contributed by atoms with Crippen molar-refractivity contribution in [2.75, 3.05) is 6.54 Å². The second-order valence-electron chi connectivity index (χ2n) is 6.21. The summed E-state index contributed by atoms with van der Waals surface area (Å²) in [6.45, 7) is 2.29. The van der Waals surface area contributed by atoms with Crippen molar-refractivity contribution in [1.29, 1.82) is 0 Å². The maximum atomic E-state index is 3.59. The molecule has 0 amide bonds. The average molecular weight is 227 g/mol. The largest absolute Gasteiger partial charge is 0.313 e. The van der Waals surface area contributed by atoms with E-state index in [2.05, 4.69) is 23.5 Å². The molecule has 1 spiro atoms. The van der Waals surface area contributed by atoms with Crippen molar-refractivity contribution in [1.82, 2.24) is 5.32 Å². The summed E-state index contributed by atoms with van der Waals surface area (Å²) in [5, 5.41) is 3.59. The van der Waals surface area contributed by atoms with Gasteiger partial charge in [-0.3, -0.25) is 0 Å². The smallest absolute Gasteiger partial charge is 0.0208 e. The van der Waals surface area contributed by atoms with Crippen LogP contribution in [0.2, 0.25) is 0 Å². The van der Waals surface area contributed by atoms with E-state index in [1.54, 1.807) is 16.7 Å². The van der Waals surface area contributed by atoms with E-state index in [-0.39, 0.29) is 0 Å². The zero-order valence-electron chi connectivity index (χ0n) is 10.5. The quantitative estimate of drug-likeness (QED) is 0.715. The van der Waals surface area contributed by atoms with E-state index in [0.29, 0.717) is 5.41 Å². The van der Waals surface area contributed by atoms with Crippen molar-refractivity contribution in [3.8, 4) is 0 Å². The van der Waals surface area contributed by atoms with Crippen molar-refractivity contribution in [3.63, 3.8) is 0 Å². The molecule has 1 aromatic carbocycles. The molecule has 1 nitrogen and oxygen atoms in total. The van der Waals surface area contributed by atoms with E-state index in [1.807, 2.05) is 0 Å². The normalized spacial score (nSPS) is 29.3. The molecule has 3 aliphatic rings. The van der Waals surface area contributed by atoms with Crippen LogP contribution in [0.25, 0.3) is 0 Å². The molecule has 0 aromatic heterocycles. The molecule has 4 rings (SSSR count).